The van der Waals surface area contributed by atoms with Gasteiger partial charge in [-0.2, -0.15) is 0 Å². The van der Waals surface area contributed by atoms with E-state index in [0.29, 0.717) is 0 Å². The highest BCUT2D eigenvalue weighted by molar-refractivity contribution is 6.30. The summed E-state index contributed by atoms with van der Waals surface area (Å²) in [5, 5.41) is 2.20. The Morgan fingerprint density at radius 1 is 1.08 bits per heavy atom. The van der Waals surface area contributed by atoms with Gasteiger partial charge in [0.05, 0.1) is 11.3 Å². The second-order valence-electron chi connectivity index (χ2n) is 4.79. The van der Waals surface area contributed by atoms with Crippen LogP contribution in [-0.4, -0.2) is 18.0 Å². The molecule has 0 aliphatic carbocycles. The Morgan fingerprint density at radius 2 is 1.75 bits per heavy atom. The van der Waals surface area contributed by atoms with Gasteiger partial charge in [0.1, 0.15) is 17.5 Å². The van der Waals surface area contributed by atoms with Crippen molar-refractivity contribution < 1.29 is 27.5 Å². The quantitative estimate of drug-likeness (QED) is 0.843. The van der Waals surface area contributed by atoms with Crippen LogP contribution in [0.4, 0.5) is 18.9 Å². The van der Waals surface area contributed by atoms with Crippen LogP contribution in [0.1, 0.15) is 17.3 Å². The van der Waals surface area contributed by atoms with Crippen LogP contribution in [0.2, 0.25) is 5.02 Å². The van der Waals surface area contributed by atoms with Crippen molar-refractivity contribution in [3.8, 4) is 0 Å². The lowest BCUT2D eigenvalue weighted by atomic mass is 10.2. The molecule has 8 heteroatoms. The average molecular weight is 358 g/mol. The number of rotatable bonds is 4. The molecule has 0 aliphatic heterocycles. The fraction of sp³-hybridized carbons (Fsp3) is 0.125. The molecule has 126 valence electrons. The summed E-state index contributed by atoms with van der Waals surface area (Å²) in [6.45, 7) is 1.20. The van der Waals surface area contributed by atoms with Crippen molar-refractivity contribution in [2.75, 3.05) is 5.32 Å². The molecule has 0 heterocycles. The van der Waals surface area contributed by atoms with E-state index < -0.39 is 46.7 Å². The van der Waals surface area contributed by atoms with E-state index in [-0.39, 0.29) is 5.02 Å². The third-order valence-electron chi connectivity index (χ3n) is 2.99. The Morgan fingerprint density at radius 3 is 2.46 bits per heavy atom. The Labute approximate surface area is 140 Å². The molecule has 0 saturated heterocycles. The van der Waals surface area contributed by atoms with Crippen molar-refractivity contribution >= 4 is 29.2 Å². The first-order valence-electron chi connectivity index (χ1n) is 6.70. The minimum Gasteiger partial charge on any atom is -0.449 e. The smallest absolute Gasteiger partial charge is 0.341 e. The molecule has 4 nitrogen and oxygen atoms in total. The van der Waals surface area contributed by atoms with Crippen LogP contribution >= 0.6 is 11.6 Å². The molecule has 0 fully saturated rings. The summed E-state index contributed by atoms with van der Waals surface area (Å²) in [6, 6.07) is 5.77. The van der Waals surface area contributed by atoms with Crippen LogP contribution in [-0.2, 0) is 9.53 Å². The molecule has 24 heavy (non-hydrogen) atoms. The van der Waals surface area contributed by atoms with Gasteiger partial charge >= 0.3 is 5.97 Å². The van der Waals surface area contributed by atoms with E-state index in [4.69, 9.17) is 16.3 Å². The molecule has 0 aromatic heterocycles. The van der Waals surface area contributed by atoms with Gasteiger partial charge < -0.3 is 10.1 Å². The lowest BCUT2D eigenvalue weighted by molar-refractivity contribution is -0.123. The molecule has 1 atom stereocenters. The number of hydrogen-bond donors (Lipinski definition) is 1. The number of amides is 1. The van der Waals surface area contributed by atoms with E-state index in [0.717, 1.165) is 30.3 Å². The average Bonchev–Trinajstić information content (AvgIpc) is 2.53. The van der Waals surface area contributed by atoms with Crippen molar-refractivity contribution in [3.05, 3.63) is 64.4 Å². The molecule has 1 N–H and O–H groups in total. The summed E-state index contributed by atoms with van der Waals surface area (Å²) in [5.41, 5.74) is -0.851. The first kappa shape index (κ1) is 17.8. The standard InChI is InChI=1S/C16H11ClF3NO3/c1-8(15(22)21-14-7-10(18)3-5-13(14)20)24-16(23)11-6-9(17)2-4-12(11)19/h2-8H,1H3,(H,21,22)/t8-/m0/s1. The summed E-state index contributed by atoms with van der Waals surface area (Å²) < 4.78 is 44.9. The zero-order valence-corrected chi connectivity index (χ0v) is 13.0. The van der Waals surface area contributed by atoms with Crippen molar-refractivity contribution in [2.45, 2.75) is 13.0 Å². The molecule has 1 amide bonds. The summed E-state index contributed by atoms with van der Waals surface area (Å²) in [4.78, 5) is 23.8. The van der Waals surface area contributed by atoms with Crippen LogP contribution in [0.3, 0.4) is 0 Å². The van der Waals surface area contributed by atoms with E-state index in [1.54, 1.807) is 0 Å². The first-order valence-corrected chi connectivity index (χ1v) is 7.07. The second-order valence-corrected chi connectivity index (χ2v) is 5.22. The number of ether oxygens (including phenoxy) is 1. The van der Waals surface area contributed by atoms with Crippen molar-refractivity contribution in [3.63, 3.8) is 0 Å². The lowest BCUT2D eigenvalue weighted by Crippen LogP contribution is -2.30. The number of esters is 1. The summed E-state index contributed by atoms with van der Waals surface area (Å²) in [7, 11) is 0. The Bertz CT molecular complexity index is 798. The van der Waals surface area contributed by atoms with Crippen LogP contribution in [0, 0.1) is 17.5 Å². The maximum atomic E-state index is 13.6. The maximum Gasteiger partial charge on any atom is 0.341 e. The van der Waals surface area contributed by atoms with Gasteiger partial charge in [0.2, 0.25) is 0 Å². The van der Waals surface area contributed by atoms with Gasteiger partial charge in [-0.25, -0.2) is 18.0 Å². The number of carbonyl (C=O) groups excluding carboxylic acids is 2. The number of carbonyl (C=O) groups is 2. The zero-order valence-electron chi connectivity index (χ0n) is 12.3. The Kier molecular flexibility index (Phi) is 5.46. The largest absolute Gasteiger partial charge is 0.449 e. The number of halogens is 4. The molecule has 0 spiro atoms. The monoisotopic (exact) mass is 357 g/mol. The van der Waals surface area contributed by atoms with E-state index >= 15 is 0 Å². The molecule has 0 aliphatic rings. The van der Waals surface area contributed by atoms with Crippen LogP contribution in [0.15, 0.2) is 36.4 Å². The first-order chi connectivity index (χ1) is 11.3. The zero-order chi connectivity index (χ0) is 17.9. The van der Waals surface area contributed by atoms with Gasteiger partial charge in [-0.15, -0.1) is 0 Å². The highest BCUT2D eigenvalue weighted by Crippen LogP contribution is 2.18. The van der Waals surface area contributed by atoms with Gasteiger partial charge in [-0.05, 0) is 37.3 Å². The van der Waals surface area contributed by atoms with Crippen LogP contribution in [0.25, 0.3) is 0 Å². The highest BCUT2D eigenvalue weighted by Gasteiger charge is 2.22. The normalized spacial score (nSPS) is 11.7. The second kappa shape index (κ2) is 7.35. The summed E-state index contributed by atoms with van der Waals surface area (Å²) in [5.74, 6) is -4.50. The van der Waals surface area contributed by atoms with E-state index in [2.05, 4.69) is 5.32 Å². The minimum atomic E-state index is -1.38. The van der Waals surface area contributed by atoms with Crippen LogP contribution in [0.5, 0.6) is 0 Å². The molecule has 0 bridgehead atoms. The molecule has 0 saturated carbocycles. The van der Waals surface area contributed by atoms with Gasteiger partial charge in [-0.3, -0.25) is 4.79 Å². The fourth-order valence-corrected chi connectivity index (χ4v) is 1.93. The fourth-order valence-electron chi connectivity index (χ4n) is 1.76. The number of hydrogen-bond acceptors (Lipinski definition) is 3. The summed E-state index contributed by atoms with van der Waals surface area (Å²) in [6.07, 6.45) is -1.38. The Hall–Kier alpha value is -2.54. The van der Waals surface area contributed by atoms with Crippen molar-refractivity contribution in [1.82, 2.24) is 0 Å². The predicted octanol–water partition coefficient (Wildman–Crippen LogP) is 3.94. The van der Waals surface area contributed by atoms with E-state index in [1.165, 1.54) is 13.0 Å². The van der Waals surface area contributed by atoms with Crippen LogP contribution < -0.4 is 5.32 Å². The van der Waals surface area contributed by atoms with E-state index in [9.17, 15) is 22.8 Å². The topological polar surface area (TPSA) is 55.4 Å². The van der Waals surface area contributed by atoms with E-state index in [1.807, 2.05) is 0 Å². The molecular weight excluding hydrogens is 347 g/mol. The number of nitrogens with one attached hydrogen (secondary N) is 1. The summed E-state index contributed by atoms with van der Waals surface area (Å²) >= 11 is 5.67. The molecule has 0 radical (unpaired) electrons. The molecular formula is C16H11ClF3NO3. The highest BCUT2D eigenvalue weighted by atomic mass is 35.5. The molecule has 0 unspecified atom stereocenters. The van der Waals surface area contributed by atoms with Crippen molar-refractivity contribution in [1.29, 1.82) is 0 Å². The molecule has 2 aromatic carbocycles. The van der Waals surface area contributed by atoms with Crippen molar-refractivity contribution in [2.24, 2.45) is 0 Å². The third kappa shape index (κ3) is 4.26. The lowest BCUT2D eigenvalue weighted by Gasteiger charge is -2.14. The maximum absolute atomic E-state index is 13.6. The Balaban J connectivity index is 2.07. The van der Waals surface area contributed by atoms with Gasteiger partial charge in [0.15, 0.2) is 6.10 Å². The predicted molar refractivity (Wildman–Crippen MR) is 81.3 cm³/mol. The van der Waals surface area contributed by atoms with Gasteiger partial charge in [0.25, 0.3) is 5.91 Å². The van der Waals surface area contributed by atoms with Gasteiger partial charge in [-0.1, -0.05) is 11.6 Å². The SMILES string of the molecule is C[C@H](OC(=O)c1cc(Cl)ccc1F)C(=O)Nc1cc(F)ccc1F. The number of anilines is 1. The van der Waals surface area contributed by atoms with Gasteiger partial charge in [0, 0.05) is 11.1 Å². The number of benzene rings is 2. The minimum absolute atomic E-state index is 0.113. The molecule has 2 aromatic rings. The molecule has 2 rings (SSSR count). The third-order valence-corrected chi connectivity index (χ3v) is 3.22.